The maximum atomic E-state index is 14.6. The van der Waals surface area contributed by atoms with Gasteiger partial charge in [0.05, 0.1) is 43.0 Å². The van der Waals surface area contributed by atoms with E-state index in [1.807, 2.05) is 19.1 Å². The number of hydrogen-bond acceptors (Lipinski definition) is 6. The van der Waals surface area contributed by atoms with Gasteiger partial charge in [0.2, 0.25) is 0 Å². The van der Waals surface area contributed by atoms with Crippen LogP contribution in [-0.4, -0.2) is 55.0 Å². The molecule has 36 heavy (non-hydrogen) atoms. The summed E-state index contributed by atoms with van der Waals surface area (Å²) in [6.07, 6.45) is 5.70. The number of ether oxygens (including phenoxy) is 3. The van der Waals surface area contributed by atoms with Crippen LogP contribution in [0.3, 0.4) is 0 Å². The van der Waals surface area contributed by atoms with Gasteiger partial charge in [0.15, 0.2) is 0 Å². The van der Waals surface area contributed by atoms with E-state index in [4.69, 9.17) is 14.2 Å². The molecular weight excluding hydrogens is 463 g/mol. The van der Waals surface area contributed by atoms with E-state index in [1.165, 1.54) is 6.07 Å². The number of benzene rings is 1. The predicted molar refractivity (Wildman–Crippen MR) is 132 cm³/mol. The molecule has 1 saturated heterocycles. The van der Waals surface area contributed by atoms with E-state index >= 15 is 0 Å². The number of pyridine rings is 1. The Balaban J connectivity index is 1.44. The number of nitrogens with one attached hydrogen (secondary N) is 3. The molecule has 2 aliphatic heterocycles. The van der Waals surface area contributed by atoms with E-state index in [0.717, 1.165) is 24.1 Å². The van der Waals surface area contributed by atoms with Gasteiger partial charge in [-0.2, -0.15) is 0 Å². The van der Waals surface area contributed by atoms with Gasteiger partial charge >= 0.3 is 0 Å². The highest BCUT2D eigenvalue weighted by atomic mass is 19.1. The van der Waals surface area contributed by atoms with Gasteiger partial charge in [-0.25, -0.2) is 4.39 Å². The average Bonchev–Trinajstić information content (AvgIpc) is 3.58. The summed E-state index contributed by atoms with van der Waals surface area (Å²) in [5.74, 6) is 0.138. The molecule has 0 unspecified atom stereocenters. The fourth-order valence-electron chi connectivity index (χ4n) is 5.14. The molecule has 8 nitrogen and oxygen atoms in total. The smallest absolute Gasteiger partial charge is 0.255 e. The summed E-state index contributed by atoms with van der Waals surface area (Å²) in [7, 11) is 0. The number of aromatic nitrogens is 2. The van der Waals surface area contributed by atoms with Gasteiger partial charge in [0, 0.05) is 40.7 Å². The largest absolute Gasteiger partial charge is 0.488 e. The molecule has 0 radical (unpaired) electrons. The molecule has 0 bridgehead atoms. The number of halogens is 1. The average molecular weight is 493 g/mol. The van der Waals surface area contributed by atoms with Crippen LogP contribution in [0.15, 0.2) is 36.7 Å². The molecule has 1 spiro atoms. The molecule has 3 aromatic rings. The normalized spacial score (nSPS) is 20.1. The second-order valence-corrected chi connectivity index (χ2v) is 9.58. The summed E-state index contributed by atoms with van der Waals surface area (Å²) in [6, 6.07) is 6.82. The second kappa shape index (κ2) is 9.22. The van der Waals surface area contributed by atoms with Crippen LogP contribution < -0.4 is 15.4 Å². The Hall–Kier alpha value is -3.43. The van der Waals surface area contributed by atoms with Gasteiger partial charge in [0.1, 0.15) is 24.3 Å². The Kier molecular flexibility index (Phi) is 5.89. The minimum absolute atomic E-state index is 0.0885. The summed E-state index contributed by atoms with van der Waals surface area (Å²) in [5, 5.41) is 6.47. The topological polar surface area (TPSA) is 97.5 Å². The number of rotatable bonds is 7. The van der Waals surface area contributed by atoms with Crippen molar-refractivity contribution in [3.05, 3.63) is 59.3 Å². The highest BCUT2D eigenvalue weighted by Crippen LogP contribution is 2.54. The number of aromatic amines is 1. The van der Waals surface area contributed by atoms with Crippen molar-refractivity contribution < 1.29 is 23.4 Å². The Bertz CT molecular complexity index is 1300. The molecule has 2 fully saturated rings. The minimum Gasteiger partial charge on any atom is -0.488 e. The molecule has 1 aliphatic carbocycles. The Morgan fingerprint density at radius 2 is 2.17 bits per heavy atom. The molecular formula is C27H29FN4O4. The zero-order valence-corrected chi connectivity index (χ0v) is 20.2. The molecule has 1 atom stereocenters. The predicted octanol–water partition coefficient (Wildman–Crippen LogP) is 4.09. The third kappa shape index (κ3) is 4.02. The van der Waals surface area contributed by atoms with E-state index in [2.05, 4.69) is 20.6 Å². The van der Waals surface area contributed by atoms with Crippen molar-refractivity contribution in [2.45, 2.75) is 37.7 Å². The highest BCUT2D eigenvalue weighted by Gasteiger charge is 2.51. The number of carbonyl (C=O) groups is 1. The van der Waals surface area contributed by atoms with Crippen molar-refractivity contribution in [3.8, 4) is 17.0 Å². The lowest BCUT2D eigenvalue weighted by Crippen LogP contribution is -2.39. The fraction of sp³-hybridized carbons (Fsp3) is 0.407. The maximum Gasteiger partial charge on any atom is 0.255 e. The summed E-state index contributed by atoms with van der Waals surface area (Å²) in [4.78, 5) is 21.0. The van der Waals surface area contributed by atoms with Gasteiger partial charge in [-0.05, 0) is 37.5 Å². The number of anilines is 2. The van der Waals surface area contributed by atoms with Crippen molar-refractivity contribution in [3.63, 3.8) is 0 Å². The van der Waals surface area contributed by atoms with E-state index in [9.17, 15) is 9.18 Å². The highest BCUT2D eigenvalue weighted by molar-refractivity contribution is 6.07. The molecule has 1 saturated carbocycles. The van der Waals surface area contributed by atoms with Crippen LogP contribution in [0, 0.1) is 5.82 Å². The van der Waals surface area contributed by atoms with Crippen LogP contribution >= 0.6 is 0 Å². The van der Waals surface area contributed by atoms with Gasteiger partial charge in [-0.1, -0.05) is 13.0 Å². The lowest BCUT2D eigenvalue weighted by molar-refractivity contribution is -0.101. The first-order valence-electron chi connectivity index (χ1n) is 12.5. The van der Waals surface area contributed by atoms with Gasteiger partial charge in [0.25, 0.3) is 5.91 Å². The number of carbonyl (C=O) groups excluding carboxylic acids is 1. The van der Waals surface area contributed by atoms with Crippen LogP contribution in [0.25, 0.3) is 11.3 Å². The number of amides is 1. The molecule has 6 rings (SSSR count). The maximum absolute atomic E-state index is 14.6. The Morgan fingerprint density at radius 3 is 2.94 bits per heavy atom. The van der Waals surface area contributed by atoms with Crippen molar-refractivity contribution >= 4 is 17.3 Å². The van der Waals surface area contributed by atoms with Crippen molar-refractivity contribution in [2.24, 2.45) is 0 Å². The van der Waals surface area contributed by atoms with E-state index < -0.39 is 0 Å². The number of hydrogen-bond donors (Lipinski definition) is 3. The zero-order valence-electron chi connectivity index (χ0n) is 20.2. The number of H-pyrrole nitrogens is 1. The molecule has 3 N–H and O–H groups in total. The van der Waals surface area contributed by atoms with Crippen LogP contribution in [0.4, 0.5) is 15.8 Å². The van der Waals surface area contributed by atoms with E-state index in [-0.39, 0.29) is 23.2 Å². The Labute approximate surface area is 208 Å². The monoisotopic (exact) mass is 492 g/mol. The summed E-state index contributed by atoms with van der Waals surface area (Å²) < 4.78 is 32.0. The van der Waals surface area contributed by atoms with Crippen molar-refractivity contribution in [1.82, 2.24) is 15.3 Å². The molecule has 1 aromatic carbocycles. The first kappa shape index (κ1) is 23.0. The quantitative estimate of drug-likeness (QED) is 0.460. The van der Waals surface area contributed by atoms with Gasteiger partial charge < -0.3 is 29.8 Å². The molecule has 1 amide bonds. The lowest BCUT2D eigenvalue weighted by Gasteiger charge is -2.23. The summed E-state index contributed by atoms with van der Waals surface area (Å²) in [5.41, 5.74) is 4.70. The fourth-order valence-corrected chi connectivity index (χ4v) is 5.14. The van der Waals surface area contributed by atoms with E-state index in [0.29, 0.717) is 73.3 Å². The first-order chi connectivity index (χ1) is 17.6. The molecule has 188 valence electrons. The SMILES string of the molecule is CCc1c(F)cccc1Nc1c(-c2ccncc2OC[C@@H]2COCCO2)[nH]c2c1C(=O)NCC21CC1. The van der Waals surface area contributed by atoms with Crippen molar-refractivity contribution in [2.75, 3.05) is 38.3 Å². The Morgan fingerprint density at radius 1 is 1.28 bits per heavy atom. The standard InChI is InChI=1S/C27H29FN4O4/c1-2-17-19(28)4-3-5-20(17)31-24-22-25(27(7-8-27)15-30-26(22)33)32-23(24)18-6-9-29-12-21(18)36-14-16-13-34-10-11-35-16/h3-6,9,12,16,31-32H,2,7-8,10-11,13-15H2,1H3,(H,30,33)/t16-/m0/s1. The first-order valence-corrected chi connectivity index (χ1v) is 12.5. The van der Waals surface area contributed by atoms with E-state index in [1.54, 1.807) is 18.5 Å². The summed E-state index contributed by atoms with van der Waals surface area (Å²) >= 11 is 0. The third-order valence-electron chi connectivity index (χ3n) is 7.29. The van der Waals surface area contributed by atoms with Gasteiger partial charge in [-0.3, -0.25) is 9.78 Å². The molecule has 3 aliphatic rings. The number of fused-ring (bicyclic) bond motifs is 2. The zero-order chi connectivity index (χ0) is 24.7. The van der Waals surface area contributed by atoms with Crippen LogP contribution in [0.5, 0.6) is 5.75 Å². The molecule has 2 aromatic heterocycles. The second-order valence-electron chi connectivity index (χ2n) is 9.58. The van der Waals surface area contributed by atoms with Crippen LogP contribution in [0.1, 0.15) is 41.4 Å². The van der Waals surface area contributed by atoms with Crippen LogP contribution in [0.2, 0.25) is 0 Å². The molecule has 9 heteroatoms. The lowest BCUT2D eigenvalue weighted by atomic mass is 9.93. The minimum atomic E-state index is -0.279. The van der Waals surface area contributed by atoms with Gasteiger partial charge in [-0.15, -0.1) is 0 Å². The van der Waals surface area contributed by atoms with Crippen molar-refractivity contribution in [1.29, 1.82) is 0 Å². The molecule has 4 heterocycles. The summed E-state index contributed by atoms with van der Waals surface area (Å²) in [6.45, 7) is 4.43. The third-order valence-corrected chi connectivity index (χ3v) is 7.29. The van der Waals surface area contributed by atoms with Crippen LogP contribution in [-0.2, 0) is 21.3 Å². The number of nitrogens with zero attached hydrogens (tertiary/aromatic N) is 1.